The van der Waals surface area contributed by atoms with E-state index < -0.39 is 8.11 Å². The lowest BCUT2D eigenvalue weighted by atomic mass is 10.00. The van der Waals surface area contributed by atoms with Crippen LogP contribution in [0, 0.1) is 0 Å². The molecule has 0 heterocycles. The maximum absolute atomic E-state index is 6.30. The summed E-state index contributed by atoms with van der Waals surface area (Å²) >= 11 is 6.30. The lowest BCUT2D eigenvalue weighted by Crippen LogP contribution is -1.97. The van der Waals surface area contributed by atoms with E-state index in [-0.39, 0.29) is 0 Å². The summed E-state index contributed by atoms with van der Waals surface area (Å²) in [5.41, 5.74) is 7.63. The van der Waals surface area contributed by atoms with Crippen LogP contribution in [0.1, 0.15) is 11.1 Å². The summed E-state index contributed by atoms with van der Waals surface area (Å²) in [4.78, 5) is 0. The molecule has 0 radical (unpaired) electrons. The van der Waals surface area contributed by atoms with Crippen molar-refractivity contribution in [3.63, 3.8) is 0 Å². The summed E-state index contributed by atoms with van der Waals surface area (Å²) in [6.45, 7) is 3.79. The number of rotatable bonds is 4. The Balaban J connectivity index is 2.48. The van der Waals surface area contributed by atoms with Crippen LogP contribution in [-0.4, -0.2) is 8.11 Å². The summed E-state index contributed by atoms with van der Waals surface area (Å²) < 4.78 is 0. The van der Waals surface area contributed by atoms with Gasteiger partial charge in [0.25, 0.3) is 0 Å². The summed E-state index contributed by atoms with van der Waals surface area (Å²) in [6, 6.07) is 20.7. The molecular weight excluding hydrogens is 256 g/mol. The Labute approximate surface area is 115 Å². The van der Waals surface area contributed by atoms with Crippen molar-refractivity contribution in [2.24, 2.45) is 0 Å². The van der Waals surface area contributed by atoms with Crippen LogP contribution < -0.4 is 0 Å². The molecule has 0 saturated carbocycles. The fraction of sp³-hybridized carbons (Fsp3) is 0. The lowest BCUT2D eigenvalue weighted by Gasteiger charge is -2.09. The second kappa shape index (κ2) is 6.38. The molecule has 0 amide bonds. The normalized spacial score (nSPS) is 11.6. The van der Waals surface area contributed by atoms with Crippen LogP contribution in [0.25, 0.3) is 5.57 Å². The summed E-state index contributed by atoms with van der Waals surface area (Å²) in [6.07, 6.45) is 0. The molecule has 0 aliphatic carbocycles. The molecule has 2 rings (SSSR count). The predicted molar refractivity (Wildman–Crippen MR) is 83.2 cm³/mol. The first-order valence-corrected chi connectivity index (χ1v) is 8.98. The van der Waals surface area contributed by atoms with Gasteiger partial charge >= 0.3 is 0 Å². The zero-order valence-corrected chi connectivity index (χ0v) is 12.0. The molecule has 2 aromatic rings. The highest BCUT2D eigenvalue weighted by atomic mass is 35.6. The molecule has 0 nitrogen and oxygen atoms in total. The molecule has 0 aromatic heterocycles. The average Bonchev–Trinajstić information content (AvgIpc) is 2.46. The standard InChI is InChI=1S/C16H15ClSi/c1-2-18(17)13-16(14-9-5-3-6-10-14)15-11-7-4-8-12-15/h2-13,18H,1H2. The van der Waals surface area contributed by atoms with E-state index in [0.29, 0.717) is 0 Å². The van der Waals surface area contributed by atoms with Crippen LogP contribution in [0.3, 0.4) is 0 Å². The minimum Gasteiger partial charge on any atom is -0.161 e. The Morgan fingerprint density at radius 1 is 0.889 bits per heavy atom. The van der Waals surface area contributed by atoms with E-state index in [1.165, 1.54) is 16.7 Å². The van der Waals surface area contributed by atoms with Crippen molar-refractivity contribution in [3.8, 4) is 0 Å². The number of hydrogen-bond donors (Lipinski definition) is 0. The highest BCUT2D eigenvalue weighted by Crippen LogP contribution is 2.23. The molecule has 90 valence electrons. The van der Waals surface area contributed by atoms with E-state index in [4.69, 9.17) is 11.1 Å². The molecule has 2 heteroatoms. The van der Waals surface area contributed by atoms with Gasteiger partial charge in [-0.15, -0.1) is 6.58 Å². The molecule has 0 N–H and O–H groups in total. The Hall–Kier alpha value is -1.57. The SMILES string of the molecule is C=C[SiH](Cl)C=C(c1ccccc1)c1ccccc1. The largest absolute Gasteiger partial charge is 0.187 e. The third-order valence-electron chi connectivity index (χ3n) is 2.72. The van der Waals surface area contributed by atoms with Gasteiger partial charge in [-0.2, -0.15) is 11.1 Å². The van der Waals surface area contributed by atoms with Crippen LogP contribution in [0.2, 0.25) is 0 Å². The van der Waals surface area contributed by atoms with Crippen molar-refractivity contribution < 1.29 is 0 Å². The number of benzene rings is 2. The zero-order chi connectivity index (χ0) is 12.8. The molecule has 1 atom stereocenters. The summed E-state index contributed by atoms with van der Waals surface area (Å²) in [7, 11) is -1.50. The van der Waals surface area contributed by atoms with E-state index >= 15 is 0 Å². The topological polar surface area (TPSA) is 0 Å². The molecule has 0 aliphatic rings. The molecule has 0 bridgehead atoms. The molecule has 0 fully saturated rings. The van der Waals surface area contributed by atoms with Gasteiger partial charge in [0.15, 0.2) is 8.11 Å². The molecule has 0 aliphatic heterocycles. The van der Waals surface area contributed by atoms with Gasteiger partial charge in [0, 0.05) is 0 Å². The van der Waals surface area contributed by atoms with Gasteiger partial charge in [0.2, 0.25) is 0 Å². The maximum Gasteiger partial charge on any atom is 0.187 e. The van der Waals surface area contributed by atoms with Crippen LogP contribution >= 0.6 is 11.1 Å². The second-order valence-electron chi connectivity index (χ2n) is 3.99. The molecule has 18 heavy (non-hydrogen) atoms. The molecular formula is C16H15ClSi. The van der Waals surface area contributed by atoms with E-state index in [2.05, 4.69) is 36.5 Å². The number of halogens is 1. The Morgan fingerprint density at radius 3 is 1.72 bits per heavy atom. The van der Waals surface area contributed by atoms with Gasteiger partial charge in [-0.25, -0.2) is 0 Å². The van der Waals surface area contributed by atoms with Gasteiger partial charge in [-0.05, 0) is 16.7 Å². The highest BCUT2D eigenvalue weighted by Gasteiger charge is 2.06. The lowest BCUT2D eigenvalue weighted by molar-refractivity contribution is 1.55. The first-order chi connectivity index (χ1) is 8.81. The van der Waals surface area contributed by atoms with Crippen molar-refractivity contribution in [1.29, 1.82) is 0 Å². The van der Waals surface area contributed by atoms with Crippen molar-refractivity contribution in [2.45, 2.75) is 0 Å². The summed E-state index contributed by atoms with van der Waals surface area (Å²) in [5.74, 6) is 0. The monoisotopic (exact) mass is 270 g/mol. The van der Waals surface area contributed by atoms with Gasteiger partial charge in [-0.3, -0.25) is 0 Å². The zero-order valence-electron chi connectivity index (χ0n) is 10.1. The molecule has 1 unspecified atom stereocenters. The predicted octanol–water partition coefficient (Wildman–Crippen LogP) is 4.35. The van der Waals surface area contributed by atoms with Crippen LogP contribution in [-0.2, 0) is 0 Å². The minimum absolute atomic E-state index is 1.20. The van der Waals surface area contributed by atoms with E-state index in [1.807, 2.05) is 42.1 Å². The molecule has 0 saturated heterocycles. The van der Waals surface area contributed by atoms with Gasteiger partial charge < -0.3 is 0 Å². The van der Waals surface area contributed by atoms with Crippen LogP contribution in [0.15, 0.2) is 78.6 Å². The second-order valence-corrected chi connectivity index (χ2v) is 7.20. The first kappa shape index (κ1) is 12.9. The smallest absolute Gasteiger partial charge is 0.161 e. The van der Waals surface area contributed by atoms with Crippen molar-refractivity contribution in [3.05, 3.63) is 89.8 Å². The Bertz CT molecular complexity index is 490. The number of hydrogen-bond acceptors (Lipinski definition) is 0. The van der Waals surface area contributed by atoms with Crippen LogP contribution in [0.4, 0.5) is 0 Å². The third kappa shape index (κ3) is 3.22. The van der Waals surface area contributed by atoms with Crippen molar-refractivity contribution in [1.82, 2.24) is 0 Å². The van der Waals surface area contributed by atoms with Gasteiger partial charge in [0.05, 0.1) is 0 Å². The Morgan fingerprint density at radius 2 is 1.33 bits per heavy atom. The first-order valence-electron chi connectivity index (χ1n) is 5.90. The minimum atomic E-state index is -1.50. The van der Waals surface area contributed by atoms with Crippen molar-refractivity contribution >= 4 is 24.8 Å². The van der Waals surface area contributed by atoms with Gasteiger partial charge in [0.1, 0.15) is 0 Å². The van der Waals surface area contributed by atoms with E-state index in [0.717, 1.165) is 0 Å². The quantitative estimate of drug-likeness (QED) is 0.573. The summed E-state index contributed by atoms with van der Waals surface area (Å²) in [5, 5.41) is 0. The third-order valence-corrected chi connectivity index (χ3v) is 4.74. The Kier molecular flexibility index (Phi) is 4.57. The fourth-order valence-corrected chi connectivity index (χ4v) is 3.04. The van der Waals surface area contributed by atoms with Crippen LogP contribution in [0.5, 0.6) is 0 Å². The van der Waals surface area contributed by atoms with E-state index in [1.54, 1.807) is 0 Å². The highest BCUT2D eigenvalue weighted by molar-refractivity contribution is 7.13. The average molecular weight is 271 g/mol. The van der Waals surface area contributed by atoms with Crippen molar-refractivity contribution in [2.75, 3.05) is 0 Å². The fourth-order valence-electron chi connectivity index (χ4n) is 1.82. The van der Waals surface area contributed by atoms with E-state index in [9.17, 15) is 0 Å². The van der Waals surface area contributed by atoms with Gasteiger partial charge in [-0.1, -0.05) is 72.1 Å². The maximum atomic E-state index is 6.30. The molecule has 0 spiro atoms. The molecule has 2 aromatic carbocycles.